The molecule has 0 radical (unpaired) electrons. The molecule has 220 valence electrons. The van der Waals surface area contributed by atoms with Crippen LogP contribution in [0.25, 0.3) is 22.4 Å². The molecule has 2 atom stereocenters. The van der Waals surface area contributed by atoms with Crippen molar-refractivity contribution in [3.63, 3.8) is 0 Å². The predicted molar refractivity (Wildman–Crippen MR) is 157 cm³/mol. The number of ether oxygens (including phenoxy) is 3. The van der Waals surface area contributed by atoms with Gasteiger partial charge in [0.25, 0.3) is 0 Å². The second-order valence-corrected chi connectivity index (χ2v) is 10.6. The highest BCUT2D eigenvalue weighted by Crippen LogP contribution is 2.30. The fourth-order valence-electron chi connectivity index (χ4n) is 4.25. The Morgan fingerprint density at radius 3 is 2.37 bits per heavy atom. The number of benzene rings is 1. The first-order chi connectivity index (χ1) is 19.6. The zero-order valence-corrected chi connectivity index (χ0v) is 24.6. The number of aromatic nitrogens is 5. The van der Waals surface area contributed by atoms with Crippen LogP contribution in [0.15, 0.2) is 48.9 Å². The highest BCUT2D eigenvalue weighted by Gasteiger charge is 2.19. The molecule has 2 N–H and O–H groups in total. The molecule has 0 aliphatic heterocycles. The summed E-state index contributed by atoms with van der Waals surface area (Å²) in [5, 5.41) is 25.5. The van der Waals surface area contributed by atoms with Gasteiger partial charge in [-0.2, -0.15) is 5.10 Å². The fraction of sp³-hybridized carbons (Fsp3) is 0.467. The Bertz CT molecular complexity index is 1430. The number of aliphatic hydroxyl groups is 2. The molecule has 0 saturated carbocycles. The minimum atomic E-state index is -0.758. The third-order valence-corrected chi connectivity index (χ3v) is 6.22. The Labute approximate surface area is 240 Å². The molecule has 41 heavy (non-hydrogen) atoms. The normalized spacial score (nSPS) is 13.2. The molecule has 4 rings (SSSR count). The summed E-state index contributed by atoms with van der Waals surface area (Å²) < 4.78 is 18.3. The number of methoxy groups -OCH3 is 1. The number of pyridine rings is 1. The van der Waals surface area contributed by atoms with Crippen molar-refractivity contribution in [1.29, 1.82) is 0 Å². The van der Waals surface area contributed by atoms with Crippen LogP contribution in [0.2, 0.25) is 0 Å². The average Bonchev–Trinajstić information content (AvgIpc) is 3.41. The molecule has 3 heterocycles. The minimum absolute atomic E-state index is 0.00523. The standard InChI is InChI=1S/C30H40N6O5/c1-19(2)40-17-24(37)15-35-14-22(12-32-35)28-13-31-27-7-8-29(34-30(27)33-28)36(16-25(38)18-41-20(3)4)23-9-21(5)10-26(11-23)39-6/h7-14,19-20,24-25,37-38H,15-18H2,1-6H3. The summed E-state index contributed by atoms with van der Waals surface area (Å²) in [6, 6.07) is 9.59. The van der Waals surface area contributed by atoms with Gasteiger partial charge in [0.15, 0.2) is 5.65 Å². The van der Waals surface area contributed by atoms with Crippen molar-refractivity contribution in [1.82, 2.24) is 24.7 Å². The molecule has 2 unspecified atom stereocenters. The van der Waals surface area contributed by atoms with Crippen molar-refractivity contribution in [3.05, 3.63) is 54.5 Å². The fourth-order valence-corrected chi connectivity index (χ4v) is 4.25. The lowest BCUT2D eigenvalue weighted by Crippen LogP contribution is -2.33. The molecule has 11 nitrogen and oxygen atoms in total. The number of hydrogen-bond acceptors (Lipinski definition) is 10. The Morgan fingerprint density at radius 1 is 0.927 bits per heavy atom. The van der Waals surface area contributed by atoms with Crippen LogP contribution in [-0.2, 0) is 16.0 Å². The van der Waals surface area contributed by atoms with Gasteiger partial charge in [0.2, 0.25) is 0 Å². The van der Waals surface area contributed by atoms with Gasteiger partial charge in [-0.15, -0.1) is 0 Å². The maximum Gasteiger partial charge on any atom is 0.180 e. The summed E-state index contributed by atoms with van der Waals surface area (Å²) in [5.41, 5.74) is 4.29. The molecule has 4 aromatic rings. The van der Waals surface area contributed by atoms with Crippen LogP contribution in [0.4, 0.5) is 11.5 Å². The van der Waals surface area contributed by atoms with E-state index in [4.69, 9.17) is 24.2 Å². The van der Waals surface area contributed by atoms with E-state index in [1.54, 1.807) is 24.2 Å². The largest absolute Gasteiger partial charge is 0.497 e. The smallest absolute Gasteiger partial charge is 0.180 e. The van der Waals surface area contributed by atoms with Crippen LogP contribution in [-0.4, -0.2) is 86.2 Å². The first kappa shape index (κ1) is 30.3. The lowest BCUT2D eigenvalue weighted by molar-refractivity contribution is -0.00201. The van der Waals surface area contributed by atoms with Crippen molar-refractivity contribution in [2.24, 2.45) is 0 Å². The summed E-state index contributed by atoms with van der Waals surface area (Å²) in [4.78, 5) is 16.1. The number of aliphatic hydroxyl groups excluding tert-OH is 2. The van der Waals surface area contributed by atoms with Crippen LogP contribution < -0.4 is 9.64 Å². The van der Waals surface area contributed by atoms with Gasteiger partial charge in [0.1, 0.15) is 17.1 Å². The zero-order valence-electron chi connectivity index (χ0n) is 24.6. The summed E-state index contributed by atoms with van der Waals surface area (Å²) >= 11 is 0. The second kappa shape index (κ2) is 13.8. The number of nitrogens with zero attached hydrogens (tertiary/aromatic N) is 6. The highest BCUT2D eigenvalue weighted by molar-refractivity contribution is 5.76. The molecular weight excluding hydrogens is 524 g/mol. The van der Waals surface area contributed by atoms with E-state index in [0.717, 1.165) is 16.8 Å². The monoisotopic (exact) mass is 564 g/mol. The number of fused-ring (bicyclic) bond motifs is 1. The molecule has 0 aliphatic carbocycles. The van der Waals surface area contributed by atoms with E-state index in [1.807, 2.05) is 76.0 Å². The minimum Gasteiger partial charge on any atom is -0.497 e. The van der Waals surface area contributed by atoms with E-state index in [1.165, 1.54) is 0 Å². The Hall–Kier alpha value is -3.64. The third kappa shape index (κ3) is 8.43. The third-order valence-electron chi connectivity index (χ3n) is 6.22. The molecule has 0 bridgehead atoms. The van der Waals surface area contributed by atoms with E-state index >= 15 is 0 Å². The molecular formula is C30H40N6O5. The van der Waals surface area contributed by atoms with Crippen molar-refractivity contribution >= 4 is 22.7 Å². The molecule has 0 fully saturated rings. The van der Waals surface area contributed by atoms with Gasteiger partial charge in [-0.05, 0) is 64.4 Å². The van der Waals surface area contributed by atoms with Crippen LogP contribution in [0, 0.1) is 6.92 Å². The van der Waals surface area contributed by atoms with E-state index in [2.05, 4.69) is 10.1 Å². The molecule has 0 aliphatic rings. The van der Waals surface area contributed by atoms with Gasteiger partial charge in [-0.3, -0.25) is 9.67 Å². The topological polar surface area (TPSA) is 128 Å². The van der Waals surface area contributed by atoms with Gasteiger partial charge >= 0.3 is 0 Å². The molecule has 1 aromatic carbocycles. The van der Waals surface area contributed by atoms with Gasteiger partial charge in [0, 0.05) is 23.5 Å². The number of anilines is 2. The zero-order chi connectivity index (χ0) is 29.5. The van der Waals surface area contributed by atoms with E-state index in [0.29, 0.717) is 35.0 Å². The second-order valence-electron chi connectivity index (χ2n) is 10.6. The first-order valence-electron chi connectivity index (χ1n) is 13.8. The van der Waals surface area contributed by atoms with Gasteiger partial charge in [0.05, 0.1) is 75.9 Å². The SMILES string of the molecule is COc1cc(C)cc(N(CC(O)COC(C)C)c2ccc3ncc(-c4cnn(CC(O)COC(C)C)c4)nc3n2)c1. The van der Waals surface area contributed by atoms with E-state index < -0.39 is 12.2 Å². The van der Waals surface area contributed by atoms with E-state index in [9.17, 15) is 10.2 Å². The van der Waals surface area contributed by atoms with Crippen molar-refractivity contribution in [2.75, 3.05) is 31.8 Å². The average molecular weight is 565 g/mol. The van der Waals surface area contributed by atoms with Crippen LogP contribution in [0.5, 0.6) is 5.75 Å². The molecule has 0 saturated heterocycles. The number of hydrogen-bond donors (Lipinski definition) is 2. The Balaban J connectivity index is 1.63. The van der Waals surface area contributed by atoms with Crippen LogP contribution in [0.3, 0.4) is 0 Å². The summed E-state index contributed by atoms with van der Waals surface area (Å²) in [7, 11) is 1.63. The number of rotatable bonds is 14. The summed E-state index contributed by atoms with van der Waals surface area (Å²) in [6.07, 6.45) is 3.80. The van der Waals surface area contributed by atoms with Crippen molar-refractivity contribution in [3.8, 4) is 17.0 Å². The highest BCUT2D eigenvalue weighted by atomic mass is 16.5. The van der Waals surface area contributed by atoms with Crippen molar-refractivity contribution < 1.29 is 24.4 Å². The summed E-state index contributed by atoms with van der Waals surface area (Å²) in [5.74, 6) is 1.31. The van der Waals surface area contributed by atoms with Gasteiger partial charge in [-0.25, -0.2) is 9.97 Å². The Kier molecular flexibility index (Phi) is 10.2. The van der Waals surface area contributed by atoms with Gasteiger partial charge < -0.3 is 29.3 Å². The Morgan fingerprint density at radius 2 is 1.66 bits per heavy atom. The maximum absolute atomic E-state index is 10.8. The predicted octanol–water partition coefficient (Wildman–Crippen LogP) is 3.92. The molecule has 0 spiro atoms. The van der Waals surface area contributed by atoms with E-state index in [-0.39, 0.29) is 32.0 Å². The first-order valence-corrected chi connectivity index (χ1v) is 13.8. The maximum atomic E-state index is 10.8. The molecule has 0 amide bonds. The lowest BCUT2D eigenvalue weighted by Gasteiger charge is -2.27. The molecule has 11 heteroatoms. The van der Waals surface area contributed by atoms with Crippen LogP contribution >= 0.6 is 0 Å². The quantitative estimate of drug-likeness (QED) is 0.233. The summed E-state index contributed by atoms with van der Waals surface area (Å²) in [6.45, 7) is 10.7. The molecule has 3 aromatic heterocycles. The van der Waals surface area contributed by atoms with Crippen molar-refractivity contribution in [2.45, 2.75) is 65.6 Å². The van der Waals surface area contributed by atoms with Gasteiger partial charge in [-0.1, -0.05) is 0 Å². The number of aryl methyl sites for hydroxylation is 1. The van der Waals surface area contributed by atoms with Crippen LogP contribution in [0.1, 0.15) is 33.3 Å². The lowest BCUT2D eigenvalue weighted by atomic mass is 10.1.